The summed E-state index contributed by atoms with van der Waals surface area (Å²) >= 11 is 6.19. The Labute approximate surface area is 126 Å². The number of amides is 1. The molecule has 1 aliphatic heterocycles. The number of carbonyl (C=O) groups excluding carboxylic acids is 1. The van der Waals surface area contributed by atoms with Gasteiger partial charge in [0.05, 0.1) is 16.8 Å². The molecule has 1 aromatic carbocycles. The van der Waals surface area contributed by atoms with Crippen molar-refractivity contribution in [2.45, 2.75) is 32.7 Å². The predicted molar refractivity (Wildman–Crippen MR) is 84.3 cm³/mol. The van der Waals surface area contributed by atoms with E-state index in [9.17, 15) is 4.79 Å². The van der Waals surface area contributed by atoms with Crippen LogP contribution in [0.3, 0.4) is 0 Å². The number of halogens is 1. The van der Waals surface area contributed by atoms with Gasteiger partial charge in [0.1, 0.15) is 0 Å². The first-order valence-electron chi connectivity index (χ1n) is 7.27. The number of likely N-dealkylation sites (N-methyl/N-ethyl adjacent to an activating group) is 1. The summed E-state index contributed by atoms with van der Waals surface area (Å²) in [5.41, 5.74) is 0.832. The second-order valence-corrected chi connectivity index (χ2v) is 6.32. The lowest BCUT2D eigenvalue weighted by molar-refractivity contribution is -0.121. The van der Waals surface area contributed by atoms with Gasteiger partial charge in [-0.2, -0.15) is 0 Å². The second-order valence-electron chi connectivity index (χ2n) is 5.91. The molecule has 1 aliphatic rings. The number of anilines is 1. The molecule has 1 saturated heterocycles. The van der Waals surface area contributed by atoms with Gasteiger partial charge in [-0.05, 0) is 44.5 Å². The summed E-state index contributed by atoms with van der Waals surface area (Å²) in [6.07, 6.45) is 1.99. The van der Waals surface area contributed by atoms with Crippen LogP contribution in [0.15, 0.2) is 24.3 Å². The fourth-order valence-corrected chi connectivity index (χ4v) is 2.84. The molecular weight excluding hydrogens is 272 g/mol. The van der Waals surface area contributed by atoms with Crippen LogP contribution in [-0.2, 0) is 4.79 Å². The molecule has 4 heteroatoms. The van der Waals surface area contributed by atoms with Gasteiger partial charge in [0.2, 0.25) is 5.91 Å². The highest BCUT2D eigenvalue weighted by molar-refractivity contribution is 6.33. The molecule has 0 radical (unpaired) electrons. The van der Waals surface area contributed by atoms with Gasteiger partial charge < -0.3 is 4.90 Å². The van der Waals surface area contributed by atoms with Crippen molar-refractivity contribution in [1.29, 1.82) is 0 Å². The zero-order valence-corrected chi connectivity index (χ0v) is 13.2. The van der Waals surface area contributed by atoms with Gasteiger partial charge >= 0.3 is 0 Å². The van der Waals surface area contributed by atoms with Gasteiger partial charge in [-0.3, -0.25) is 9.69 Å². The van der Waals surface area contributed by atoms with Crippen LogP contribution in [0.1, 0.15) is 26.7 Å². The molecule has 1 aromatic rings. The first-order valence-corrected chi connectivity index (χ1v) is 7.64. The molecule has 0 aromatic heterocycles. The van der Waals surface area contributed by atoms with E-state index in [4.69, 9.17) is 11.6 Å². The standard InChI is InChI=1S/C16H23ClN2O/c1-12(2)8-10-18(3)15-9-11-19(16(15)20)14-7-5-4-6-13(14)17/h4-7,12,15H,8-11H2,1-3H3. The van der Waals surface area contributed by atoms with Gasteiger partial charge in [-0.25, -0.2) is 0 Å². The van der Waals surface area contributed by atoms with Gasteiger partial charge in [-0.15, -0.1) is 0 Å². The Kier molecular flexibility index (Phi) is 5.06. The molecule has 1 amide bonds. The minimum atomic E-state index is -0.00924. The van der Waals surface area contributed by atoms with E-state index in [2.05, 4.69) is 18.7 Å². The molecular formula is C16H23ClN2O. The van der Waals surface area contributed by atoms with Crippen LogP contribution >= 0.6 is 11.6 Å². The second kappa shape index (κ2) is 6.59. The van der Waals surface area contributed by atoms with Gasteiger partial charge in [0.15, 0.2) is 0 Å². The summed E-state index contributed by atoms with van der Waals surface area (Å²) < 4.78 is 0. The summed E-state index contributed by atoms with van der Waals surface area (Å²) in [4.78, 5) is 16.6. The third kappa shape index (κ3) is 3.33. The molecule has 0 N–H and O–H groups in total. The average Bonchev–Trinajstić information content (AvgIpc) is 2.78. The first kappa shape index (κ1) is 15.3. The minimum absolute atomic E-state index is 0.00924. The molecule has 1 heterocycles. The fraction of sp³-hybridized carbons (Fsp3) is 0.562. The molecule has 20 heavy (non-hydrogen) atoms. The highest BCUT2D eigenvalue weighted by Gasteiger charge is 2.35. The van der Waals surface area contributed by atoms with E-state index < -0.39 is 0 Å². The lowest BCUT2D eigenvalue weighted by Gasteiger charge is -2.24. The average molecular weight is 295 g/mol. The number of para-hydroxylation sites is 1. The van der Waals surface area contributed by atoms with Crippen molar-refractivity contribution in [3.8, 4) is 0 Å². The number of rotatable bonds is 5. The summed E-state index contributed by atoms with van der Waals surface area (Å²) in [5, 5.41) is 0.645. The van der Waals surface area contributed by atoms with E-state index in [-0.39, 0.29) is 11.9 Å². The maximum Gasteiger partial charge on any atom is 0.244 e. The summed E-state index contributed by atoms with van der Waals surface area (Å²) in [7, 11) is 2.04. The maximum atomic E-state index is 12.6. The number of nitrogens with zero attached hydrogens (tertiary/aromatic N) is 2. The molecule has 3 nitrogen and oxygen atoms in total. The summed E-state index contributed by atoms with van der Waals surface area (Å²) in [5.74, 6) is 0.831. The van der Waals surface area contributed by atoms with Crippen LogP contribution in [0.5, 0.6) is 0 Å². The van der Waals surface area contributed by atoms with Crippen molar-refractivity contribution < 1.29 is 4.79 Å². The highest BCUT2D eigenvalue weighted by atomic mass is 35.5. The van der Waals surface area contributed by atoms with E-state index in [1.54, 1.807) is 0 Å². The van der Waals surface area contributed by atoms with Crippen molar-refractivity contribution in [2.24, 2.45) is 5.92 Å². The van der Waals surface area contributed by atoms with E-state index in [0.29, 0.717) is 10.9 Å². The van der Waals surface area contributed by atoms with E-state index in [0.717, 1.165) is 31.6 Å². The Morgan fingerprint density at radius 2 is 2.10 bits per heavy atom. The topological polar surface area (TPSA) is 23.6 Å². The monoisotopic (exact) mass is 294 g/mol. The molecule has 1 atom stereocenters. The van der Waals surface area contributed by atoms with Gasteiger partial charge in [0.25, 0.3) is 0 Å². The molecule has 0 bridgehead atoms. The highest BCUT2D eigenvalue weighted by Crippen LogP contribution is 2.30. The van der Waals surface area contributed by atoms with Crippen molar-refractivity contribution in [3.63, 3.8) is 0 Å². The number of benzene rings is 1. The summed E-state index contributed by atoms with van der Waals surface area (Å²) in [6.45, 7) is 6.13. The number of carbonyl (C=O) groups is 1. The molecule has 0 spiro atoms. The van der Waals surface area contributed by atoms with Gasteiger partial charge in [-0.1, -0.05) is 37.6 Å². The van der Waals surface area contributed by atoms with Crippen molar-refractivity contribution in [3.05, 3.63) is 29.3 Å². The minimum Gasteiger partial charge on any atom is -0.310 e. The molecule has 0 aliphatic carbocycles. The SMILES string of the molecule is CC(C)CCN(C)C1CCN(c2ccccc2Cl)C1=O. The Morgan fingerprint density at radius 3 is 2.75 bits per heavy atom. The molecule has 1 unspecified atom stereocenters. The molecule has 1 fully saturated rings. The Morgan fingerprint density at radius 1 is 1.40 bits per heavy atom. The van der Waals surface area contributed by atoms with Crippen LogP contribution in [0.2, 0.25) is 5.02 Å². The van der Waals surface area contributed by atoms with Crippen LogP contribution in [-0.4, -0.2) is 37.0 Å². The van der Waals surface area contributed by atoms with Crippen molar-refractivity contribution in [2.75, 3.05) is 25.0 Å². The first-order chi connectivity index (χ1) is 9.50. The van der Waals surface area contributed by atoms with Crippen molar-refractivity contribution in [1.82, 2.24) is 4.90 Å². The molecule has 0 saturated carbocycles. The van der Waals surface area contributed by atoms with Crippen LogP contribution < -0.4 is 4.90 Å². The van der Waals surface area contributed by atoms with Gasteiger partial charge in [0, 0.05) is 6.54 Å². The maximum absolute atomic E-state index is 12.6. The molecule has 2 rings (SSSR count). The third-order valence-electron chi connectivity index (χ3n) is 3.91. The van der Waals surface area contributed by atoms with E-state index in [1.807, 2.05) is 36.2 Å². The smallest absolute Gasteiger partial charge is 0.244 e. The predicted octanol–water partition coefficient (Wildman–Crippen LogP) is 3.42. The van der Waals surface area contributed by atoms with Crippen LogP contribution in [0.25, 0.3) is 0 Å². The quantitative estimate of drug-likeness (QED) is 0.831. The Hall–Kier alpha value is -1.06. The zero-order valence-electron chi connectivity index (χ0n) is 12.5. The number of hydrogen-bond acceptors (Lipinski definition) is 2. The third-order valence-corrected chi connectivity index (χ3v) is 4.23. The Bertz CT molecular complexity index is 475. The lowest BCUT2D eigenvalue weighted by Crippen LogP contribution is -2.40. The Balaban J connectivity index is 2.04. The molecule has 110 valence electrons. The van der Waals surface area contributed by atoms with Crippen LogP contribution in [0, 0.1) is 5.92 Å². The van der Waals surface area contributed by atoms with E-state index >= 15 is 0 Å². The van der Waals surface area contributed by atoms with E-state index in [1.165, 1.54) is 0 Å². The normalized spacial score (nSPS) is 19.4. The van der Waals surface area contributed by atoms with Crippen molar-refractivity contribution >= 4 is 23.2 Å². The van der Waals surface area contributed by atoms with Crippen LogP contribution in [0.4, 0.5) is 5.69 Å². The summed E-state index contributed by atoms with van der Waals surface area (Å²) in [6, 6.07) is 7.55. The largest absolute Gasteiger partial charge is 0.310 e. The number of hydrogen-bond donors (Lipinski definition) is 0. The zero-order chi connectivity index (χ0) is 14.7. The lowest BCUT2D eigenvalue weighted by atomic mass is 10.1. The fourth-order valence-electron chi connectivity index (χ4n) is 2.60.